The van der Waals surface area contributed by atoms with Crippen LogP contribution in [0.15, 0.2) is 0 Å². The van der Waals surface area contributed by atoms with Crippen LogP contribution in [0.4, 0.5) is 0 Å². The molecule has 1 atom stereocenters. The smallest absolute Gasteiger partial charge is 0.0484 e. The Labute approximate surface area is 77.2 Å². The SMILES string of the molecule is CCCC(C)(CO)CC(C)(C)C. The predicted octanol–water partition coefficient (Wildman–Crippen LogP) is 3.22. The van der Waals surface area contributed by atoms with Gasteiger partial charge in [-0.2, -0.15) is 0 Å². The lowest BCUT2D eigenvalue weighted by atomic mass is 9.73. The topological polar surface area (TPSA) is 20.2 Å². The van der Waals surface area contributed by atoms with Crippen molar-refractivity contribution >= 4 is 0 Å². The van der Waals surface area contributed by atoms with E-state index in [2.05, 4.69) is 34.6 Å². The molecule has 0 aliphatic rings. The van der Waals surface area contributed by atoms with Crippen molar-refractivity contribution in [2.75, 3.05) is 6.61 Å². The fourth-order valence-corrected chi connectivity index (χ4v) is 2.11. The second-order valence-corrected chi connectivity index (χ2v) is 5.46. The van der Waals surface area contributed by atoms with Gasteiger partial charge in [-0.15, -0.1) is 0 Å². The van der Waals surface area contributed by atoms with Gasteiger partial charge in [0.05, 0.1) is 0 Å². The predicted molar refractivity (Wildman–Crippen MR) is 54.2 cm³/mol. The molecule has 0 aromatic carbocycles. The summed E-state index contributed by atoms with van der Waals surface area (Å²) in [4.78, 5) is 0. The van der Waals surface area contributed by atoms with Gasteiger partial charge in [0, 0.05) is 6.61 Å². The van der Waals surface area contributed by atoms with Crippen molar-refractivity contribution in [3.63, 3.8) is 0 Å². The fraction of sp³-hybridized carbons (Fsp3) is 1.00. The Morgan fingerprint density at radius 1 is 1.08 bits per heavy atom. The van der Waals surface area contributed by atoms with Gasteiger partial charge < -0.3 is 5.11 Å². The lowest BCUT2D eigenvalue weighted by Crippen LogP contribution is -2.27. The quantitative estimate of drug-likeness (QED) is 0.690. The van der Waals surface area contributed by atoms with Gasteiger partial charge in [0.15, 0.2) is 0 Å². The molecule has 0 radical (unpaired) electrons. The summed E-state index contributed by atoms with van der Waals surface area (Å²) in [5.74, 6) is 0. The summed E-state index contributed by atoms with van der Waals surface area (Å²) >= 11 is 0. The van der Waals surface area contributed by atoms with Crippen LogP contribution in [-0.2, 0) is 0 Å². The van der Waals surface area contributed by atoms with Gasteiger partial charge in [-0.25, -0.2) is 0 Å². The molecular formula is C11H24O. The first-order valence-electron chi connectivity index (χ1n) is 4.94. The lowest BCUT2D eigenvalue weighted by molar-refractivity contribution is 0.0842. The molecule has 0 fully saturated rings. The Hall–Kier alpha value is -0.0400. The third kappa shape index (κ3) is 4.76. The van der Waals surface area contributed by atoms with E-state index in [4.69, 9.17) is 0 Å². The molecular weight excluding hydrogens is 148 g/mol. The van der Waals surface area contributed by atoms with Crippen molar-refractivity contribution in [1.29, 1.82) is 0 Å². The summed E-state index contributed by atoms with van der Waals surface area (Å²) < 4.78 is 0. The largest absolute Gasteiger partial charge is 0.396 e. The highest BCUT2D eigenvalue weighted by Crippen LogP contribution is 2.36. The number of hydrogen-bond acceptors (Lipinski definition) is 1. The normalized spacial score (nSPS) is 17.5. The maximum Gasteiger partial charge on any atom is 0.0484 e. The minimum absolute atomic E-state index is 0.132. The van der Waals surface area contributed by atoms with E-state index in [1.165, 1.54) is 0 Å². The monoisotopic (exact) mass is 172 g/mol. The second-order valence-electron chi connectivity index (χ2n) is 5.46. The van der Waals surface area contributed by atoms with Crippen molar-refractivity contribution in [3.8, 4) is 0 Å². The number of aliphatic hydroxyl groups is 1. The molecule has 0 rings (SSSR count). The summed E-state index contributed by atoms with van der Waals surface area (Å²) in [6.07, 6.45) is 3.39. The summed E-state index contributed by atoms with van der Waals surface area (Å²) in [6, 6.07) is 0. The van der Waals surface area contributed by atoms with E-state index in [1.54, 1.807) is 0 Å². The van der Waals surface area contributed by atoms with Crippen LogP contribution in [0.2, 0.25) is 0 Å². The van der Waals surface area contributed by atoms with Crippen molar-refractivity contribution in [1.82, 2.24) is 0 Å². The summed E-state index contributed by atoms with van der Waals surface area (Å²) in [5.41, 5.74) is 0.458. The van der Waals surface area contributed by atoms with E-state index in [-0.39, 0.29) is 5.41 Å². The van der Waals surface area contributed by atoms with Gasteiger partial charge in [0.2, 0.25) is 0 Å². The van der Waals surface area contributed by atoms with E-state index in [0.717, 1.165) is 19.3 Å². The highest BCUT2D eigenvalue weighted by atomic mass is 16.3. The van der Waals surface area contributed by atoms with Crippen LogP contribution in [0, 0.1) is 10.8 Å². The first-order chi connectivity index (χ1) is 5.33. The third-order valence-electron chi connectivity index (χ3n) is 2.19. The van der Waals surface area contributed by atoms with Crippen molar-refractivity contribution in [2.45, 2.75) is 53.9 Å². The van der Waals surface area contributed by atoms with Crippen LogP contribution in [0.1, 0.15) is 53.9 Å². The maximum absolute atomic E-state index is 9.28. The van der Waals surface area contributed by atoms with Gasteiger partial charge in [-0.05, 0) is 23.7 Å². The van der Waals surface area contributed by atoms with E-state index in [1.807, 2.05) is 0 Å². The molecule has 0 saturated heterocycles. The molecule has 0 heterocycles. The minimum Gasteiger partial charge on any atom is -0.396 e. The Morgan fingerprint density at radius 2 is 1.58 bits per heavy atom. The zero-order valence-corrected chi connectivity index (χ0v) is 9.28. The standard InChI is InChI=1S/C11H24O/c1-6-7-11(5,9-12)8-10(2,3)4/h12H,6-9H2,1-5H3. The summed E-state index contributed by atoms with van der Waals surface area (Å²) in [5, 5.41) is 9.28. The number of rotatable bonds is 4. The Bertz CT molecular complexity index is 123. The fourth-order valence-electron chi connectivity index (χ4n) is 2.11. The van der Waals surface area contributed by atoms with Crippen LogP contribution >= 0.6 is 0 Å². The van der Waals surface area contributed by atoms with E-state index < -0.39 is 0 Å². The van der Waals surface area contributed by atoms with Crippen molar-refractivity contribution in [3.05, 3.63) is 0 Å². The molecule has 1 heteroatoms. The Morgan fingerprint density at radius 3 is 1.83 bits per heavy atom. The van der Waals surface area contributed by atoms with Crippen molar-refractivity contribution in [2.24, 2.45) is 10.8 Å². The molecule has 1 unspecified atom stereocenters. The molecule has 0 amide bonds. The van der Waals surface area contributed by atoms with Gasteiger partial charge in [-0.1, -0.05) is 41.0 Å². The van der Waals surface area contributed by atoms with Crippen LogP contribution in [0.25, 0.3) is 0 Å². The average molecular weight is 172 g/mol. The van der Waals surface area contributed by atoms with Gasteiger partial charge in [-0.3, -0.25) is 0 Å². The molecule has 0 aromatic heterocycles. The number of aliphatic hydroxyl groups excluding tert-OH is 1. The van der Waals surface area contributed by atoms with Crippen LogP contribution in [0.3, 0.4) is 0 Å². The summed E-state index contributed by atoms with van der Waals surface area (Å²) in [7, 11) is 0. The van der Waals surface area contributed by atoms with Crippen LogP contribution in [-0.4, -0.2) is 11.7 Å². The third-order valence-corrected chi connectivity index (χ3v) is 2.19. The van der Waals surface area contributed by atoms with Gasteiger partial charge in [0.1, 0.15) is 0 Å². The molecule has 1 N–H and O–H groups in total. The van der Waals surface area contributed by atoms with Gasteiger partial charge in [0.25, 0.3) is 0 Å². The van der Waals surface area contributed by atoms with Crippen LogP contribution < -0.4 is 0 Å². The second kappa shape index (κ2) is 4.27. The molecule has 12 heavy (non-hydrogen) atoms. The number of hydrogen-bond donors (Lipinski definition) is 1. The maximum atomic E-state index is 9.28. The van der Waals surface area contributed by atoms with E-state index >= 15 is 0 Å². The molecule has 0 saturated carbocycles. The van der Waals surface area contributed by atoms with Crippen molar-refractivity contribution < 1.29 is 5.11 Å². The minimum atomic E-state index is 0.132. The molecule has 0 bridgehead atoms. The highest BCUT2D eigenvalue weighted by molar-refractivity contribution is 4.79. The van der Waals surface area contributed by atoms with Gasteiger partial charge >= 0.3 is 0 Å². The summed E-state index contributed by atoms with van der Waals surface area (Å²) in [6.45, 7) is 11.4. The Kier molecular flexibility index (Phi) is 4.25. The molecule has 0 spiro atoms. The first kappa shape index (κ1) is 12.0. The molecule has 0 aromatic rings. The zero-order valence-electron chi connectivity index (χ0n) is 9.28. The Balaban J connectivity index is 4.14. The molecule has 74 valence electrons. The van der Waals surface area contributed by atoms with E-state index in [0.29, 0.717) is 12.0 Å². The zero-order chi connectivity index (χ0) is 9.83. The first-order valence-corrected chi connectivity index (χ1v) is 4.94. The average Bonchev–Trinajstić information content (AvgIpc) is 1.84. The highest BCUT2D eigenvalue weighted by Gasteiger charge is 2.28. The molecule has 0 aliphatic heterocycles. The molecule has 1 nitrogen and oxygen atoms in total. The lowest BCUT2D eigenvalue weighted by Gasteiger charge is -2.34. The molecule has 0 aliphatic carbocycles. The van der Waals surface area contributed by atoms with Crippen LogP contribution in [0.5, 0.6) is 0 Å². The van der Waals surface area contributed by atoms with E-state index in [9.17, 15) is 5.11 Å².